The standard InChI is InChI=1S/C26H36BrPS/c1-17-11-13-19(14-12-17)29-23(27)28-22-20(25(5,6)7)15-18(24(2,3)4)16-21(22)26(8,9)10/h11-16H,1-10H3. The third-order valence-electron chi connectivity index (χ3n) is 5.01. The van der Waals surface area contributed by atoms with E-state index >= 15 is 0 Å². The molecule has 0 aromatic heterocycles. The largest absolute Gasteiger partial charge is 0.0827 e. The van der Waals surface area contributed by atoms with Crippen LogP contribution in [0.5, 0.6) is 0 Å². The Morgan fingerprint density at radius 2 is 1.21 bits per heavy atom. The van der Waals surface area contributed by atoms with Gasteiger partial charge >= 0.3 is 0 Å². The Balaban J connectivity index is 2.68. The van der Waals surface area contributed by atoms with Crippen molar-refractivity contribution < 1.29 is 0 Å². The van der Waals surface area contributed by atoms with E-state index in [0.717, 1.165) is 0 Å². The number of benzene rings is 2. The number of halogens is 1. The zero-order valence-electron chi connectivity index (χ0n) is 19.7. The first-order chi connectivity index (χ1) is 13.1. The molecule has 0 unspecified atom stereocenters. The van der Waals surface area contributed by atoms with Crippen LogP contribution < -0.4 is 5.30 Å². The highest BCUT2D eigenvalue weighted by atomic mass is 79.9. The van der Waals surface area contributed by atoms with Crippen LogP contribution in [0.4, 0.5) is 0 Å². The third-order valence-corrected chi connectivity index (χ3v) is 8.14. The molecule has 0 heterocycles. The Morgan fingerprint density at radius 1 is 0.759 bits per heavy atom. The lowest BCUT2D eigenvalue weighted by molar-refractivity contribution is 0.554. The molecule has 2 rings (SSSR count). The molecule has 2 aromatic rings. The molecule has 0 spiro atoms. The summed E-state index contributed by atoms with van der Waals surface area (Å²) in [5.74, 6) is 0. The highest BCUT2D eigenvalue weighted by Crippen LogP contribution is 2.37. The topological polar surface area (TPSA) is 0 Å². The second-order valence-electron chi connectivity index (χ2n) is 10.9. The van der Waals surface area contributed by atoms with Crippen LogP contribution in [0.25, 0.3) is 0 Å². The molecule has 0 aliphatic carbocycles. The van der Waals surface area contributed by atoms with E-state index in [9.17, 15) is 0 Å². The second-order valence-corrected chi connectivity index (χ2v) is 15.4. The van der Waals surface area contributed by atoms with Gasteiger partial charge in [0.1, 0.15) is 0 Å². The normalized spacial score (nSPS) is 13.7. The highest BCUT2D eigenvalue weighted by molar-refractivity contribution is 9.23. The molecular weight excluding hydrogens is 455 g/mol. The summed E-state index contributed by atoms with van der Waals surface area (Å²) in [5, 5.41) is 1.45. The number of thioether (sulfide) groups is 1. The van der Waals surface area contributed by atoms with Crippen LogP contribution in [-0.4, -0.2) is 3.53 Å². The summed E-state index contributed by atoms with van der Waals surface area (Å²) in [4.78, 5) is 1.27. The molecule has 0 nitrogen and oxygen atoms in total. The molecule has 0 bridgehead atoms. The van der Waals surface area contributed by atoms with Gasteiger partial charge in [0.05, 0.1) is 3.53 Å². The summed E-state index contributed by atoms with van der Waals surface area (Å²) in [6, 6.07) is 13.7. The Bertz CT molecular complexity index is 853. The zero-order valence-corrected chi connectivity index (χ0v) is 23.0. The molecule has 0 atom stereocenters. The molecule has 0 fully saturated rings. The van der Waals surface area contributed by atoms with Crippen LogP contribution in [0.15, 0.2) is 41.3 Å². The first-order valence-electron chi connectivity index (χ1n) is 10.3. The molecule has 158 valence electrons. The smallest absolute Gasteiger partial charge is 0.0775 e. The molecule has 0 saturated carbocycles. The van der Waals surface area contributed by atoms with E-state index in [1.807, 2.05) is 11.8 Å². The number of aryl methyl sites for hydroxylation is 1. The van der Waals surface area contributed by atoms with Crippen molar-refractivity contribution in [3.8, 4) is 0 Å². The van der Waals surface area contributed by atoms with Gasteiger partial charge in [0, 0.05) is 10.2 Å². The molecule has 0 N–H and O–H groups in total. The molecule has 0 aliphatic heterocycles. The van der Waals surface area contributed by atoms with E-state index in [0.29, 0.717) is 0 Å². The van der Waals surface area contributed by atoms with Gasteiger partial charge in [0.25, 0.3) is 0 Å². The molecule has 0 radical (unpaired) electrons. The van der Waals surface area contributed by atoms with E-state index in [4.69, 9.17) is 0 Å². The maximum Gasteiger partial charge on any atom is 0.0827 e. The predicted molar refractivity (Wildman–Crippen MR) is 140 cm³/mol. The van der Waals surface area contributed by atoms with Crippen molar-refractivity contribution in [3.05, 3.63) is 58.7 Å². The summed E-state index contributed by atoms with van der Waals surface area (Å²) in [5.41, 5.74) is 5.94. The van der Waals surface area contributed by atoms with Gasteiger partial charge in [-0.2, -0.15) is 0 Å². The third kappa shape index (κ3) is 6.71. The van der Waals surface area contributed by atoms with Crippen molar-refractivity contribution in [1.82, 2.24) is 0 Å². The lowest BCUT2D eigenvalue weighted by Crippen LogP contribution is -2.29. The maximum atomic E-state index is 3.90. The average molecular weight is 492 g/mol. The summed E-state index contributed by atoms with van der Waals surface area (Å²) in [7, 11) is 1.24. The minimum atomic E-state index is 0.0887. The van der Waals surface area contributed by atoms with Crippen LogP contribution in [0.1, 0.15) is 84.6 Å². The summed E-state index contributed by atoms with van der Waals surface area (Å²) in [6.07, 6.45) is 0. The Hall–Kier alpha value is -0.560. The van der Waals surface area contributed by atoms with Crippen LogP contribution in [0.3, 0.4) is 0 Å². The molecule has 2 aromatic carbocycles. The fourth-order valence-electron chi connectivity index (χ4n) is 3.15. The fraction of sp³-hybridized carbons (Fsp3) is 0.500. The van der Waals surface area contributed by atoms with Crippen LogP contribution in [0.2, 0.25) is 0 Å². The SMILES string of the molecule is Cc1ccc(SC(Br)=Pc2c(C(C)(C)C)cc(C(C)(C)C)cc2C(C)(C)C)cc1. The molecule has 0 aliphatic rings. The van der Waals surface area contributed by atoms with Crippen molar-refractivity contribution in [2.75, 3.05) is 0 Å². The van der Waals surface area contributed by atoms with Gasteiger partial charge in [0.2, 0.25) is 0 Å². The fourth-order valence-corrected chi connectivity index (χ4v) is 6.69. The zero-order chi connectivity index (χ0) is 22.2. The van der Waals surface area contributed by atoms with Crippen LogP contribution in [-0.2, 0) is 16.2 Å². The average Bonchev–Trinajstić information content (AvgIpc) is 2.54. The van der Waals surface area contributed by atoms with Crippen molar-refractivity contribution in [1.29, 1.82) is 0 Å². The maximum absolute atomic E-state index is 3.90. The van der Waals surface area contributed by atoms with Gasteiger partial charge in [-0.05, 0) is 76.1 Å². The number of rotatable bonds is 3. The number of hydrogen-bond donors (Lipinski definition) is 0. The molecule has 3 heteroatoms. The minimum absolute atomic E-state index is 0.0887. The van der Waals surface area contributed by atoms with Crippen molar-refractivity contribution >= 4 is 44.7 Å². The van der Waals surface area contributed by atoms with Crippen molar-refractivity contribution in [2.45, 2.75) is 90.4 Å². The van der Waals surface area contributed by atoms with Gasteiger partial charge in [0.15, 0.2) is 0 Å². The lowest BCUT2D eigenvalue weighted by Gasteiger charge is -2.32. The van der Waals surface area contributed by atoms with Crippen LogP contribution in [0, 0.1) is 6.92 Å². The van der Waals surface area contributed by atoms with E-state index in [1.54, 1.807) is 0 Å². The summed E-state index contributed by atoms with van der Waals surface area (Å²) in [6.45, 7) is 23.1. The molecule has 29 heavy (non-hydrogen) atoms. The Kier molecular flexibility index (Phi) is 7.58. The quantitative estimate of drug-likeness (QED) is 0.306. The van der Waals surface area contributed by atoms with E-state index in [1.165, 1.54) is 44.2 Å². The Morgan fingerprint density at radius 3 is 1.59 bits per heavy atom. The summed E-state index contributed by atoms with van der Waals surface area (Å²) >= 11 is 5.71. The monoisotopic (exact) mass is 490 g/mol. The summed E-state index contributed by atoms with van der Waals surface area (Å²) < 4.78 is 1.24. The second kappa shape index (κ2) is 8.89. The Labute approximate surface area is 193 Å². The van der Waals surface area contributed by atoms with Gasteiger partial charge < -0.3 is 0 Å². The van der Waals surface area contributed by atoms with Crippen LogP contribution >= 0.6 is 35.9 Å². The van der Waals surface area contributed by atoms with Gasteiger partial charge in [-0.15, -0.1) is 0 Å². The van der Waals surface area contributed by atoms with E-state index in [2.05, 4.69) is 122 Å². The lowest BCUT2D eigenvalue weighted by atomic mass is 9.75. The van der Waals surface area contributed by atoms with Crippen molar-refractivity contribution in [3.63, 3.8) is 0 Å². The molecule has 0 saturated heterocycles. The van der Waals surface area contributed by atoms with E-state index < -0.39 is 0 Å². The van der Waals surface area contributed by atoms with E-state index in [-0.39, 0.29) is 16.2 Å². The van der Waals surface area contributed by atoms with Crippen molar-refractivity contribution in [2.24, 2.45) is 0 Å². The van der Waals surface area contributed by atoms with Gasteiger partial charge in [-0.3, -0.25) is 0 Å². The highest BCUT2D eigenvalue weighted by Gasteiger charge is 2.28. The number of hydrogen-bond acceptors (Lipinski definition) is 1. The van der Waals surface area contributed by atoms with Gasteiger partial charge in [-0.1, -0.05) is 104 Å². The predicted octanol–water partition coefficient (Wildman–Crippen LogP) is 8.73. The molecular formula is C26H36BrPS. The van der Waals surface area contributed by atoms with Gasteiger partial charge in [-0.25, -0.2) is 0 Å². The first-order valence-corrected chi connectivity index (χ1v) is 12.8. The first kappa shape index (κ1) is 24.7. The minimum Gasteiger partial charge on any atom is -0.0775 e. The molecule has 0 amide bonds.